The van der Waals surface area contributed by atoms with Gasteiger partial charge in [-0.2, -0.15) is 0 Å². The smallest absolute Gasteiger partial charge is 0.134 e. The highest BCUT2D eigenvalue weighted by Gasteiger charge is 2.04. The van der Waals surface area contributed by atoms with Gasteiger partial charge < -0.3 is 10.2 Å². The molecule has 24 heavy (non-hydrogen) atoms. The van der Waals surface area contributed by atoms with Gasteiger partial charge in [0.25, 0.3) is 0 Å². The first-order chi connectivity index (χ1) is 11.8. The molecule has 0 unspecified atom stereocenters. The normalized spacial score (nSPS) is 10.4. The first-order valence-corrected chi connectivity index (χ1v) is 8.59. The Kier molecular flexibility index (Phi) is 5.88. The number of hydrogen-bond acceptors (Lipinski definition) is 3. The van der Waals surface area contributed by atoms with Crippen molar-refractivity contribution in [3.63, 3.8) is 0 Å². The fourth-order valence-corrected chi connectivity index (χ4v) is 2.63. The van der Waals surface area contributed by atoms with Gasteiger partial charge in [-0.05, 0) is 51.3 Å². The van der Waals surface area contributed by atoms with E-state index in [1.807, 2.05) is 60.7 Å². The SMILES string of the molecule is Brc1ccc(CNNc2ccccc2)cc1OCc1ccccc1. The van der Waals surface area contributed by atoms with E-state index in [9.17, 15) is 0 Å². The lowest BCUT2D eigenvalue weighted by atomic mass is 10.2. The minimum Gasteiger partial charge on any atom is -0.488 e. The second-order valence-electron chi connectivity index (χ2n) is 5.38. The van der Waals surface area contributed by atoms with E-state index in [0.29, 0.717) is 13.2 Å². The molecule has 0 fully saturated rings. The molecule has 3 aromatic carbocycles. The van der Waals surface area contributed by atoms with E-state index in [2.05, 4.69) is 45.0 Å². The molecule has 2 N–H and O–H groups in total. The highest BCUT2D eigenvalue weighted by molar-refractivity contribution is 9.10. The molecule has 0 aliphatic rings. The lowest BCUT2D eigenvalue weighted by Crippen LogP contribution is -2.20. The zero-order valence-electron chi connectivity index (χ0n) is 13.2. The fraction of sp³-hybridized carbons (Fsp3) is 0.100. The Morgan fingerprint density at radius 2 is 1.50 bits per heavy atom. The van der Waals surface area contributed by atoms with Crippen molar-refractivity contribution in [3.8, 4) is 5.75 Å². The van der Waals surface area contributed by atoms with Crippen molar-refractivity contribution in [2.24, 2.45) is 0 Å². The maximum absolute atomic E-state index is 5.93. The number of hydrogen-bond donors (Lipinski definition) is 2. The van der Waals surface area contributed by atoms with E-state index in [0.717, 1.165) is 27.0 Å². The summed E-state index contributed by atoms with van der Waals surface area (Å²) in [5.41, 5.74) is 9.73. The number of nitrogens with one attached hydrogen (secondary N) is 2. The summed E-state index contributed by atoms with van der Waals surface area (Å²) in [6.45, 7) is 1.25. The van der Waals surface area contributed by atoms with Crippen LogP contribution in [0.4, 0.5) is 5.69 Å². The second-order valence-corrected chi connectivity index (χ2v) is 6.24. The summed E-state index contributed by atoms with van der Waals surface area (Å²) in [7, 11) is 0. The molecule has 0 amide bonds. The van der Waals surface area contributed by atoms with E-state index in [1.165, 1.54) is 0 Å². The topological polar surface area (TPSA) is 33.3 Å². The molecule has 0 radical (unpaired) electrons. The summed E-state index contributed by atoms with van der Waals surface area (Å²) >= 11 is 3.55. The average molecular weight is 383 g/mol. The third kappa shape index (κ3) is 4.85. The Bertz CT molecular complexity index is 763. The molecule has 0 aliphatic heterocycles. The summed E-state index contributed by atoms with van der Waals surface area (Å²) in [6, 6.07) is 26.3. The number of rotatable bonds is 7. The van der Waals surface area contributed by atoms with Gasteiger partial charge >= 0.3 is 0 Å². The number of para-hydroxylation sites is 1. The monoisotopic (exact) mass is 382 g/mol. The van der Waals surface area contributed by atoms with Gasteiger partial charge in [0.2, 0.25) is 0 Å². The molecule has 0 bridgehead atoms. The third-order valence-electron chi connectivity index (χ3n) is 3.53. The summed E-state index contributed by atoms with van der Waals surface area (Å²) < 4.78 is 6.89. The van der Waals surface area contributed by atoms with Gasteiger partial charge in [0, 0.05) is 12.2 Å². The molecule has 0 aromatic heterocycles. The molecule has 0 saturated carbocycles. The molecule has 0 spiro atoms. The van der Waals surface area contributed by atoms with Gasteiger partial charge in [0.05, 0.1) is 4.47 Å². The van der Waals surface area contributed by atoms with Crippen LogP contribution in [0.2, 0.25) is 0 Å². The Hall–Kier alpha value is -2.30. The van der Waals surface area contributed by atoms with Gasteiger partial charge in [-0.25, -0.2) is 5.43 Å². The number of ether oxygens (including phenoxy) is 1. The Morgan fingerprint density at radius 1 is 0.792 bits per heavy atom. The van der Waals surface area contributed by atoms with E-state index < -0.39 is 0 Å². The molecule has 122 valence electrons. The molecule has 0 aliphatic carbocycles. The van der Waals surface area contributed by atoms with Gasteiger partial charge in [0.1, 0.15) is 12.4 Å². The van der Waals surface area contributed by atoms with Crippen LogP contribution in [0.1, 0.15) is 11.1 Å². The molecule has 3 rings (SSSR count). The second kappa shape index (κ2) is 8.52. The number of halogens is 1. The van der Waals surface area contributed by atoms with Crippen molar-refractivity contribution in [1.82, 2.24) is 5.43 Å². The quantitative estimate of drug-likeness (QED) is 0.554. The van der Waals surface area contributed by atoms with Crippen LogP contribution in [0.25, 0.3) is 0 Å². The van der Waals surface area contributed by atoms with Crippen LogP contribution in [0, 0.1) is 0 Å². The standard InChI is InChI=1S/C20H19BrN2O/c21-19-12-11-17(14-22-23-18-9-5-2-6-10-18)13-20(19)24-15-16-7-3-1-4-8-16/h1-13,22-23H,14-15H2. The van der Waals surface area contributed by atoms with Crippen LogP contribution in [-0.2, 0) is 13.2 Å². The van der Waals surface area contributed by atoms with Crippen LogP contribution in [-0.4, -0.2) is 0 Å². The van der Waals surface area contributed by atoms with Gasteiger partial charge in [0.15, 0.2) is 0 Å². The van der Waals surface area contributed by atoms with Gasteiger partial charge in [-0.1, -0.05) is 54.6 Å². The minimum atomic E-state index is 0.554. The van der Waals surface area contributed by atoms with E-state index in [-0.39, 0.29) is 0 Å². The molecule has 0 saturated heterocycles. The van der Waals surface area contributed by atoms with Crippen LogP contribution in [0.15, 0.2) is 83.3 Å². The summed E-state index contributed by atoms with van der Waals surface area (Å²) in [5.74, 6) is 0.845. The van der Waals surface area contributed by atoms with Crippen molar-refractivity contribution in [2.45, 2.75) is 13.2 Å². The zero-order valence-corrected chi connectivity index (χ0v) is 14.8. The molecule has 4 heteroatoms. The highest BCUT2D eigenvalue weighted by atomic mass is 79.9. The molecule has 0 atom stereocenters. The molecule has 0 heterocycles. The van der Waals surface area contributed by atoms with Crippen LogP contribution < -0.4 is 15.6 Å². The molecule has 3 aromatic rings. The Balaban J connectivity index is 1.57. The minimum absolute atomic E-state index is 0.554. The fourth-order valence-electron chi connectivity index (χ4n) is 2.27. The predicted octanol–water partition coefficient (Wildman–Crippen LogP) is 5.14. The van der Waals surface area contributed by atoms with E-state index in [4.69, 9.17) is 4.74 Å². The number of benzene rings is 3. The van der Waals surface area contributed by atoms with E-state index in [1.54, 1.807) is 0 Å². The first-order valence-electron chi connectivity index (χ1n) is 7.80. The first kappa shape index (κ1) is 16.6. The largest absolute Gasteiger partial charge is 0.488 e. The van der Waals surface area contributed by atoms with Crippen molar-refractivity contribution in [2.75, 3.05) is 5.43 Å². The Labute approximate surface area is 150 Å². The van der Waals surface area contributed by atoms with Crippen molar-refractivity contribution >= 4 is 21.6 Å². The lowest BCUT2D eigenvalue weighted by Gasteiger charge is -2.12. The maximum atomic E-state index is 5.93. The summed E-state index contributed by atoms with van der Waals surface area (Å²) in [5, 5.41) is 0. The third-order valence-corrected chi connectivity index (χ3v) is 4.19. The van der Waals surface area contributed by atoms with Gasteiger partial charge in [-0.3, -0.25) is 0 Å². The maximum Gasteiger partial charge on any atom is 0.134 e. The predicted molar refractivity (Wildman–Crippen MR) is 102 cm³/mol. The molecular weight excluding hydrogens is 364 g/mol. The Morgan fingerprint density at radius 3 is 2.25 bits per heavy atom. The number of hydrazine groups is 1. The van der Waals surface area contributed by atoms with Crippen LogP contribution >= 0.6 is 15.9 Å². The zero-order chi connectivity index (χ0) is 16.6. The van der Waals surface area contributed by atoms with Crippen molar-refractivity contribution < 1.29 is 4.74 Å². The highest BCUT2D eigenvalue weighted by Crippen LogP contribution is 2.27. The van der Waals surface area contributed by atoms with Crippen LogP contribution in [0.3, 0.4) is 0 Å². The van der Waals surface area contributed by atoms with Gasteiger partial charge in [-0.15, -0.1) is 0 Å². The molecular formula is C20H19BrN2O. The average Bonchev–Trinajstić information content (AvgIpc) is 2.64. The lowest BCUT2D eigenvalue weighted by molar-refractivity contribution is 0.304. The van der Waals surface area contributed by atoms with Crippen molar-refractivity contribution in [3.05, 3.63) is 94.5 Å². The summed E-state index contributed by atoms with van der Waals surface area (Å²) in [4.78, 5) is 0. The van der Waals surface area contributed by atoms with Crippen LogP contribution in [0.5, 0.6) is 5.75 Å². The number of anilines is 1. The van der Waals surface area contributed by atoms with Crippen molar-refractivity contribution in [1.29, 1.82) is 0 Å². The van der Waals surface area contributed by atoms with E-state index >= 15 is 0 Å². The molecule has 3 nitrogen and oxygen atoms in total. The summed E-state index contributed by atoms with van der Waals surface area (Å²) in [6.07, 6.45) is 0.